The maximum atomic E-state index is 13.2. The summed E-state index contributed by atoms with van der Waals surface area (Å²) in [5.74, 6) is 0.146. The van der Waals surface area contributed by atoms with Gasteiger partial charge in [-0.3, -0.25) is 44.9 Å². The number of amides is 6. The molecule has 720 valence electrons. The second kappa shape index (κ2) is 52.8. The van der Waals surface area contributed by atoms with Crippen LogP contribution in [0, 0.1) is 0 Å². The number of hydrogen-bond donors (Lipinski definition) is 9. The minimum Gasteiger partial charge on any atom is -0.444 e. The van der Waals surface area contributed by atoms with Crippen LogP contribution in [0.5, 0.6) is 0 Å². The molecule has 6 amide bonds. The Labute approximate surface area is 828 Å². The number of likely N-dealkylation sites (tertiary alicyclic amines) is 2. The van der Waals surface area contributed by atoms with E-state index in [1.54, 1.807) is 163 Å². The Bertz CT molecular complexity index is 5790. The van der Waals surface area contributed by atoms with E-state index in [0.717, 1.165) is 111 Å². The largest absolute Gasteiger partial charge is 0.444 e. The first-order valence-corrected chi connectivity index (χ1v) is 49.6. The number of nitrogens with zero attached hydrogens (tertiary/aromatic N) is 2. The minimum atomic E-state index is -0.634. The summed E-state index contributed by atoms with van der Waals surface area (Å²) in [5, 5.41) is 27.9. The van der Waals surface area contributed by atoms with Crippen molar-refractivity contribution in [2.75, 3.05) is 104 Å². The number of hydrogen-bond acceptors (Lipinski definition) is 22. The predicted octanol–water partition coefficient (Wildman–Crippen LogP) is 25.8. The number of carbonyl (C=O) groups excluding carboxylic acids is 7. The number of halogens is 3. The molecule has 0 aliphatic carbocycles. The third-order valence-electron chi connectivity index (χ3n) is 21.2. The van der Waals surface area contributed by atoms with Gasteiger partial charge in [-0.2, -0.15) is 0 Å². The van der Waals surface area contributed by atoms with Crippen molar-refractivity contribution >= 4 is 167 Å². The van der Waals surface area contributed by atoms with Crippen LogP contribution in [0.2, 0.25) is 0 Å². The van der Waals surface area contributed by atoms with Crippen LogP contribution in [0.15, 0.2) is 240 Å². The van der Waals surface area contributed by atoms with Crippen molar-refractivity contribution in [3.8, 4) is 41.8 Å². The molecule has 24 nitrogen and oxygen atoms in total. The molecule has 8 aromatic carbocycles. The minimum absolute atomic E-state index is 0.157. The first-order valence-electron chi connectivity index (χ1n) is 44.7. The van der Waals surface area contributed by atoms with E-state index in [1.807, 2.05) is 200 Å². The lowest BCUT2D eigenvalue weighted by atomic mass is 10.1. The summed E-state index contributed by atoms with van der Waals surface area (Å²) in [7, 11) is 5.25. The van der Waals surface area contributed by atoms with Crippen LogP contribution in [0.4, 0.5) is 59.9 Å². The summed E-state index contributed by atoms with van der Waals surface area (Å²) < 4.78 is 31.6. The van der Waals surface area contributed by atoms with Gasteiger partial charge in [-0.15, -0.1) is 68.5 Å². The van der Waals surface area contributed by atoms with Gasteiger partial charge in [0, 0.05) is 106 Å². The molecule has 0 bridgehead atoms. The van der Waals surface area contributed by atoms with Gasteiger partial charge in [0.15, 0.2) is 0 Å². The number of alkyl halides is 2. The fraction of sp³-hybridized carbons (Fsp3) is 0.324. The quantitative estimate of drug-likeness (QED) is 0.0105. The van der Waals surface area contributed by atoms with Gasteiger partial charge < -0.3 is 61.2 Å². The van der Waals surface area contributed by atoms with Gasteiger partial charge >= 0.3 is 18.3 Å². The summed E-state index contributed by atoms with van der Waals surface area (Å²) in [6.07, 6.45) is 5.64. The van der Waals surface area contributed by atoms with Gasteiger partial charge in [-0.25, -0.2) is 14.4 Å². The highest BCUT2D eigenvalue weighted by molar-refractivity contribution is 7.14. The van der Waals surface area contributed by atoms with Crippen molar-refractivity contribution in [3.63, 3.8) is 0 Å². The summed E-state index contributed by atoms with van der Waals surface area (Å²) in [6.45, 7) is 23.7. The van der Waals surface area contributed by atoms with E-state index < -0.39 is 40.3 Å². The third kappa shape index (κ3) is 35.0. The average Bonchev–Trinajstić information content (AvgIpc) is 1.11. The Morgan fingerprint density at radius 2 is 0.706 bits per heavy atom. The van der Waals surface area contributed by atoms with Gasteiger partial charge in [0.2, 0.25) is 0 Å². The summed E-state index contributed by atoms with van der Waals surface area (Å²) in [5.41, 5.74) is 24.8. The van der Waals surface area contributed by atoms with Crippen molar-refractivity contribution in [2.45, 2.75) is 161 Å². The molecular weight excluding hydrogens is 1860 g/mol. The monoisotopic (exact) mass is 1980 g/mol. The molecule has 0 saturated carbocycles. The van der Waals surface area contributed by atoms with Crippen LogP contribution in [0.1, 0.15) is 165 Å². The van der Waals surface area contributed by atoms with E-state index in [2.05, 4.69) is 53.1 Å². The molecule has 3 saturated heterocycles. The van der Waals surface area contributed by atoms with Crippen molar-refractivity contribution in [1.29, 1.82) is 0 Å². The van der Waals surface area contributed by atoms with Crippen molar-refractivity contribution < 1.29 is 62.0 Å². The van der Waals surface area contributed by atoms with Crippen LogP contribution >= 0.6 is 80.1 Å². The van der Waals surface area contributed by atoms with E-state index in [0.29, 0.717) is 97.6 Å². The van der Waals surface area contributed by atoms with Gasteiger partial charge in [-0.1, -0.05) is 97.1 Å². The number of carbonyl (C=O) groups is 7. The smallest absolute Gasteiger partial charge is 0.412 e. The fourth-order valence-electron chi connectivity index (χ4n) is 14.6. The Morgan fingerprint density at radius 3 is 1.03 bits per heavy atom. The molecule has 3 aliphatic rings. The highest BCUT2D eigenvalue weighted by Gasteiger charge is 2.28. The molecule has 0 radical (unpaired) electrons. The van der Waals surface area contributed by atoms with E-state index >= 15 is 0 Å². The first kappa shape index (κ1) is 107. The molecule has 7 heterocycles. The van der Waals surface area contributed by atoms with Crippen molar-refractivity contribution in [3.05, 3.63) is 284 Å². The molecular formula is C105H122Cl3N11O13S4. The fourth-order valence-corrected chi connectivity index (χ4v) is 18.0. The van der Waals surface area contributed by atoms with Crippen LogP contribution in [-0.2, 0) is 53.3 Å². The van der Waals surface area contributed by atoms with Crippen molar-refractivity contribution in [2.24, 2.45) is 0 Å². The number of rotatable bonds is 26. The zero-order valence-electron chi connectivity index (χ0n) is 78.8. The lowest BCUT2D eigenvalue weighted by Crippen LogP contribution is -2.32. The number of ether oxygens (including phenoxy) is 6. The molecule has 3 atom stereocenters. The number of methoxy groups -OCH3 is 3. The van der Waals surface area contributed by atoms with Gasteiger partial charge in [0.25, 0.3) is 23.0 Å². The molecule has 3 aliphatic heterocycles. The van der Waals surface area contributed by atoms with Crippen LogP contribution in [-0.4, -0.2) is 147 Å². The van der Waals surface area contributed by atoms with Crippen LogP contribution < -0.4 is 48.7 Å². The molecule has 136 heavy (non-hydrogen) atoms. The number of benzene rings is 8. The third-order valence-corrected chi connectivity index (χ3v) is 25.7. The number of nitrogen functional groups attached to an aromatic ring is 2. The first-order chi connectivity index (χ1) is 65.1. The van der Waals surface area contributed by atoms with E-state index in [4.69, 9.17) is 74.7 Å². The van der Waals surface area contributed by atoms with Gasteiger partial charge in [0.05, 0.1) is 65.3 Å². The van der Waals surface area contributed by atoms with Crippen LogP contribution in [0.3, 0.4) is 0 Å². The Kier molecular flexibility index (Phi) is 41.5. The maximum absolute atomic E-state index is 13.2. The Hall–Kier alpha value is -11.3. The molecule has 4 aromatic heterocycles. The topological polar surface area (TPSA) is 318 Å². The summed E-state index contributed by atoms with van der Waals surface area (Å²) in [6, 6.07) is 69.4. The Morgan fingerprint density at radius 1 is 0.375 bits per heavy atom. The summed E-state index contributed by atoms with van der Waals surface area (Å²) >= 11 is 23.1. The molecule has 0 unspecified atom stereocenters. The molecule has 11 N–H and O–H groups in total. The molecule has 12 aromatic rings. The number of nitrogens with one attached hydrogen (secondary N) is 7. The summed E-state index contributed by atoms with van der Waals surface area (Å²) in [4.78, 5) is 95.0. The van der Waals surface area contributed by atoms with Gasteiger partial charge in [0.1, 0.15) is 16.8 Å². The predicted molar refractivity (Wildman–Crippen MR) is 560 cm³/mol. The zero-order valence-corrected chi connectivity index (χ0v) is 84.3. The highest BCUT2D eigenvalue weighted by Crippen LogP contribution is 2.38. The van der Waals surface area contributed by atoms with E-state index in [1.165, 1.54) is 44.2 Å². The standard InChI is InChI=1S/C29H35N3O4S.C24H27N3O2S.C23H23ClN2O3S.C15H18N2O2S.C8H6Cl2O.C6H13NO/c1-29(2,3)36-28(34)31-24-14-13-22(26-8-6-16-37-26)17-25(24)30-27(33)21-11-9-20(10-12-21)18-32-15-5-7-23(32)19-35-4;1-29-16-20-4-2-12-27(20)15-17-6-8-18(9-7-17)24(28)26-22-14-19(10-11-21(22)25)23-5-3-13-30-23;1-23(2,3)29-22(28)26-18-11-10-17(20-5-4-12-30-20)13-19(18)25-21(27)16-8-6-15(14-24)7-9-16;1-15(2,3)19-14(18)17-12-7-6-10(9-11(12)16)13-5-4-8-20-13;9-5-6-1-3-7(4-2-6)8(10)11;1-8-5-6-3-2-4-7-6/h6,8-14,16-17,23H,5,7,15,18-19H2,1-4H3,(H,30,33)(H,31,34);3,5-11,13-14,20H,2,4,12,15-16,25H2,1H3,(H,26,28);4-13H,14H2,1-3H3,(H,25,27)(H,26,28);4-9H,16H2,1-3H3,(H,17,18);1-4H,5H2;6-7H,2-5H2,1H3/t23-;20-;;;;6-/m00...0/s1. The molecule has 31 heteroatoms. The van der Waals surface area contributed by atoms with Gasteiger partial charge in [-0.05, 0) is 319 Å². The normalized spacial score (nSPS) is 14.6. The second-order valence-corrected chi connectivity index (χ2v) is 40.0. The number of thiophene rings is 4. The molecule has 15 rings (SSSR count). The highest BCUT2D eigenvalue weighted by atomic mass is 35.5. The van der Waals surface area contributed by atoms with Crippen LogP contribution in [0.25, 0.3) is 41.8 Å². The molecule has 3 fully saturated rings. The van der Waals surface area contributed by atoms with Crippen molar-refractivity contribution in [1.82, 2.24) is 15.1 Å². The lowest BCUT2D eigenvalue weighted by molar-refractivity contribution is 0.0624. The second-order valence-electron chi connectivity index (χ2n) is 35.3. The molecule has 0 spiro atoms. The lowest BCUT2D eigenvalue weighted by Gasteiger charge is -2.23. The maximum Gasteiger partial charge on any atom is 0.412 e. The number of anilines is 8. The zero-order chi connectivity index (χ0) is 97.9. The number of nitrogens with two attached hydrogens (primary N) is 2. The van der Waals surface area contributed by atoms with E-state index in [-0.39, 0.29) is 17.7 Å². The van der Waals surface area contributed by atoms with E-state index in [9.17, 15) is 33.6 Å². The average molecular weight is 1980 g/mol. The Balaban J connectivity index is 0.000000178. The SMILES string of the molecule is CC(C)(C)OC(=O)Nc1ccc(-c2cccs2)cc1N.CC(C)(C)OC(=O)Nc1ccc(-c2cccs2)cc1NC(=O)c1ccc(CCl)cc1.COC[C@@H]1CCCN1.COC[C@@H]1CCCN1Cc1ccc(C(=O)Nc2cc(-c3cccs3)ccc2N)cc1.COC[C@@H]1CCCN1Cc1ccc(C(=O)Nc2cc(-c3cccs3)ccc2NC(=O)OC(C)(C)C)cc1.O=C(Cl)c1ccc(CCl)cc1.